The highest BCUT2D eigenvalue weighted by Gasteiger charge is 2.36. The van der Waals surface area contributed by atoms with Crippen LogP contribution < -0.4 is 10.5 Å². The Hall–Kier alpha value is -2.48. The molecule has 1 aliphatic rings. The Morgan fingerprint density at radius 2 is 2.00 bits per heavy atom. The molecule has 1 unspecified atom stereocenters. The van der Waals surface area contributed by atoms with Gasteiger partial charge in [-0.1, -0.05) is 25.1 Å². The summed E-state index contributed by atoms with van der Waals surface area (Å²) in [6, 6.07) is 7.81. The van der Waals surface area contributed by atoms with Crippen LogP contribution in [0.4, 0.5) is 0 Å². The Bertz CT molecular complexity index is 811. The van der Waals surface area contributed by atoms with Crippen molar-refractivity contribution in [2.24, 2.45) is 11.7 Å². The zero-order valence-corrected chi connectivity index (χ0v) is 17.1. The molecular formula is C20H30N6O2. The summed E-state index contributed by atoms with van der Waals surface area (Å²) in [7, 11) is 1.67. The zero-order valence-electron chi connectivity index (χ0n) is 17.1. The Morgan fingerprint density at radius 1 is 1.32 bits per heavy atom. The molecule has 2 heterocycles. The number of carbonyl (C=O) groups is 1. The minimum absolute atomic E-state index is 0.0716. The number of amides is 1. The molecule has 0 radical (unpaired) electrons. The Labute approximate surface area is 166 Å². The number of piperidine rings is 1. The first-order valence-electron chi connectivity index (χ1n) is 9.84. The molecular weight excluding hydrogens is 356 g/mol. The van der Waals surface area contributed by atoms with Crippen LogP contribution in [0.15, 0.2) is 24.3 Å². The van der Waals surface area contributed by atoms with E-state index >= 15 is 0 Å². The molecule has 8 nitrogen and oxygen atoms in total. The number of carbonyl (C=O) groups excluding carboxylic acids is 1. The monoisotopic (exact) mass is 386 g/mol. The lowest BCUT2D eigenvalue weighted by atomic mass is 9.92. The third-order valence-corrected chi connectivity index (χ3v) is 5.91. The van der Waals surface area contributed by atoms with Crippen molar-refractivity contribution in [1.82, 2.24) is 25.1 Å². The predicted octanol–water partition coefficient (Wildman–Crippen LogP) is 2.11. The van der Waals surface area contributed by atoms with Gasteiger partial charge >= 0.3 is 0 Å². The molecule has 0 saturated carbocycles. The molecule has 2 N–H and O–H groups in total. The molecule has 1 aromatic carbocycles. The minimum atomic E-state index is -0.218. The summed E-state index contributed by atoms with van der Waals surface area (Å²) in [4.78, 5) is 13.9. The highest BCUT2D eigenvalue weighted by molar-refractivity contribution is 5.76. The number of para-hydroxylation sites is 1. The number of ether oxygens (including phenoxy) is 1. The lowest BCUT2D eigenvalue weighted by molar-refractivity contribution is -0.123. The van der Waals surface area contributed by atoms with E-state index in [0.29, 0.717) is 0 Å². The van der Waals surface area contributed by atoms with Gasteiger partial charge in [-0.15, -0.1) is 5.10 Å². The highest BCUT2D eigenvalue weighted by Crippen LogP contribution is 2.37. The molecule has 1 aliphatic heterocycles. The van der Waals surface area contributed by atoms with Crippen molar-refractivity contribution >= 4 is 5.91 Å². The van der Waals surface area contributed by atoms with Gasteiger partial charge in [0.15, 0.2) is 5.82 Å². The summed E-state index contributed by atoms with van der Waals surface area (Å²) in [6.45, 7) is 7.88. The molecule has 0 spiro atoms. The predicted molar refractivity (Wildman–Crippen MR) is 106 cm³/mol. The first-order valence-corrected chi connectivity index (χ1v) is 9.84. The molecule has 2 aromatic rings. The standard InChI is InChI=1S/C20H30N6O2/c1-5-20(2,3)26-19(22-23-24-26)17(15-8-6-7-9-16(15)28-4)25-12-10-14(11-13-25)18(21)27/h6-9,14,17H,5,10-13H2,1-4H3,(H2,21,27). The lowest BCUT2D eigenvalue weighted by Gasteiger charge is -2.38. The maximum atomic E-state index is 11.6. The molecule has 8 heteroatoms. The van der Waals surface area contributed by atoms with E-state index in [9.17, 15) is 4.79 Å². The molecule has 1 atom stereocenters. The van der Waals surface area contributed by atoms with Crippen LogP contribution in [0.1, 0.15) is 57.5 Å². The quantitative estimate of drug-likeness (QED) is 0.782. The van der Waals surface area contributed by atoms with Crippen LogP contribution in [0, 0.1) is 5.92 Å². The van der Waals surface area contributed by atoms with Crippen molar-refractivity contribution in [3.05, 3.63) is 35.7 Å². The molecule has 0 bridgehead atoms. The van der Waals surface area contributed by atoms with Gasteiger partial charge in [0.05, 0.1) is 12.6 Å². The van der Waals surface area contributed by atoms with E-state index in [0.717, 1.165) is 49.5 Å². The molecule has 0 aliphatic carbocycles. The summed E-state index contributed by atoms with van der Waals surface area (Å²) in [5.41, 5.74) is 6.33. The van der Waals surface area contributed by atoms with Crippen LogP contribution in [0.25, 0.3) is 0 Å². The smallest absolute Gasteiger partial charge is 0.220 e. The average molecular weight is 387 g/mol. The van der Waals surface area contributed by atoms with Crippen LogP contribution in [0.2, 0.25) is 0 Å². The van der Waals surface area contributed by atoms with Crippen molar-refractivity contribution < 1.29 is 9.53 Å². The van der Waals surface area contributed by atoms with Gasteiger partial charge in [0.2, 0.25) is 5.91 Å². The van der Waals surface area contributed by atoms with E-state index < -0.39 is 0 Å². The van der Waals surface area contributed by atoms with E-state index in [1.54, 1.807) is 7.11 Å². The summed E-state index contributed by atoms with van der Waals surface area (Å²) >= 11 is 0. The van der Waals surface area contributed by atoms with Crippen molar-refractivity contribution in [2.75, 3.05) is 20.2 Å². The first-order chi connectivity index (χ1) is 13.4. The molecule has 1 fully saturated rings. The molecule has 1 amide bonds. The number of nitrogens with zero attached hydrogens (tertiary/aromatic N) is 5. The molecule has 1 saturated heterocycles. The Morgan fingerprint density at radius 3 is 2.61 bits per heavy atom. The van der Waals surface area contributed by atoms with Gasteiger partial charge in [-0.25, -0.2) is 4.68 Å². The zero-order chi connectivity index (χ0) is 20.3. The Kier molecular flexibility index (Phi) is 5.98. The number of hydrogen-bond acceptors (Lipinski definition) is 6. The Balaban J connectivity index is 2.05. The van der Waals surface area contributed by atoms with Gasteiger partial charge in [-0.05, 0) is 62.7 Å². The van der Waals surface area contributed by atoms with Crippen molar-refractivity contribution in [1.29, 1.82) is 0 Å². The van der Waals surface area contributed by atoms with Gasteiger partial charge in [0.1, 0.15) is 11.8 Å². The molecule has 3 rings (SSSR count). The van der Waals surface area contributed by atoms with E-state index in [4.69, 9.17) is 10.5 Å². The number of nitrogens with two attached hydrogens (primary N) is 1. The van der Waals surface area contributed by atoms with Crippen LogP contribution in [-0.4, -0.2) is 51.2 Å². The van der Waals surface area contributed by atoms with Crippen LogP contribution in [0.3, 0.4) is 0 Å². The summed E-state index contributed by atoms with van der Waals surface area (Å²) in [5, 5.41) is 12.7. The van der Waals surface area contributed by atoms with Crippen molar-refractivity contribution in [2.45, 2.75) is 51.6 Å². The average Bonchev–Trinajstić information content (AvgIpc) is 3.19. The van der Waals surface area contributed by atoms with E-state index in [1.165, 1.54) is 0 Å². The maximum absolute atomic E-state index is 11.6. The number of primary amides is 1. The third-order valence-electron chi connectivity index (χ3n) is 5.91. The van der Waals surface area contributed by atoms with Gasteiger partial charge in [-0.2, -0.15) is 0 Å². The molecule has 152 valence electrons. The second kappa shape index (κ2) is 8.26. The minimum Gasteiger partial charge on any atom is -0.496 e. The second-order valence-corrected chi connectivity index (χ2v) is 7.97. The number of methoxy groups -OCH3 is 1. The second-order valence-electron chi connectivity index (χ2n) is 7.97. The summed E-state index contributed by atoms with van der Waals surface area (Å²) < 4.78 is 7.57. The number of benzene rings is 1. The highest BCUT2D eigenvalue weighted by atomic mass is 16.5. The fraction of sp³-hybridized carbons (Fsp3) is 0.600. The number of hydrogen-bond donors (Lipinski definition) is 1. The van der Waals surface area contributed by atoms with E-state index in [1.807, 2.05) is 22.9 Å². The van der Waals surface area contributed by atoms with Crippen molar-refractivity contribution in [3.8, 4) is 5.75 Å². The van der Waals surface area contributed by atoms with Crippen LogP contribution >= 0.6 is 0 Å². The van der Waals surface area contributed by atoms with Gasteiger partial charge < -0.3 is 10.5 Å². The summed E-state index contributed by atoms with van der Waals surface area (Å²) in [6.07, 6.45) is 2.37. The number of tetrazole rings is 1. The topological polar surface area (TPSA) is 99.2 Å². The van der Waals surface area contributed by atoms with Crippen LogP contribution in [-0.2, 0) is 10.3 Å². The van der Waals surface area contributed by atoms with Gasteiger partial charge in [0.25, 0.3) is 0 Å². The first kappa shape index (κ1) is 20.3. The fourth-order valence-electron chi connectivity index (χ4n) is 3.78. The normalized spacial score (nSPS) is 17.4. The lowest BCUT2D eigenvalue weighted by Crippen LogP contribution is -2.42. The SMILES string of the molecule is CCC(C)(C)n1nnnc1C(c1ccccc1OC)N1CCC(C(N)=O)CC1. The maximum Gasteiger partial charge on any atom is 0.220 e. The van der Waals surface area contributed by atoms with E-state index in [2.05, 4.69) is 47.3 Å². The van der Waals surface area contributed by atoms with Crippen molar-refractivity contribution in [3.63, 3.8) is 0 Å². The fourth-order valence-corrected chi connectivity index (χ4v) is 3.78. The third kappa shape index (κ3) is 3.87. The largest absolute Gasteiger partial charge is 0.496 e. The number of rotatable bonds is 7. The van der Waals surface area contributed by atoms with Crippen LogP contribution in [0.5, 0.6) is 5.75 Å². The van der Waals surface area contributed by atoms with Gasteiger partial charge in [0, 0.05) is 11.5 Å². The molecule has 1 aromatic heterocycles. The summed E-state index contributed by atoms with van der Waals surface area (Å²) in [5.74, 6) is 1.30. The van der Waals surface area contributed by atoms with E-state index in [-0.39, 0.29) is 23.4 Å². The van der Waals surface area contributed by atoms with Gasteiger partial charge in [-0.3, -0.25) is 9.69 Å². The number of likely N-dealkylation sites (tertiary alicyclic amines) is 1. The number of aromatic nitrogens is 4. The molecule has 28 heavy (non-hydrogen) atoms.